The van der Waals surface area contributed by atoms with Gasteiger partial charge in [-0.25, -0.2) is 0 Å². The summed E-state index contributed by atoms with van der Waals surface area (Å²) < 4.78 is 12.8. The van der Waals surface area contributed by atoms with E-state index in [9.17, 15) is 0 Å². The van der Waals surface area contributed by atoms with Gasteiger partial charge in [-0.1, -0.05) is 101 Å². The fourth-order valence-electron chi connectivity index (χ4n) is 5.02. The molecule has 1 aliphatic carbocycles. The van der Waals surface area contributed by atoms with Gasteiger partial charge in [0.1, 0.15) is 0 Å². The van der Waals surface area contributed by atoms with E-state index in [2.05, 4.69) is 90.4 Å². The standard InChI is InChI=1S/C25H40O2Si3/c1-25(2,3)30(26-4,27-5)24-22-17-18-16-19(28(6,7)8)12-13-20(18)21(22)14-15-23(24)29(9,10)11/h12-16H,17H2,1-11H3. The molecule has 0 heterocycles. The molecule has 0 spiro atoms. The molecule has 1 aliphatic rings. The quantitative estimate of drug-likeness (QED) is 0.498. The van der Waals surface area contributed by atoms with E-state index in [1.54, 1.807) is 5.19 Å². The van der Waals surface area contributed by atoms with Crippen molar-refractivity contribution in [2.24, 2.45) is 0 Å². The van der Waals surface area contributed by atoms with Gasteiger partial charge in [-0.05, 0) is 33.9 Å². The van der Waals surface area contributed by atoms with E-state index in [4.69, 9.17) is 8.85 Å². The minimum absolute atomic E-state index is 0.0711. The Bertz CT molecular complexity index is 956. The maximum atomic E-state index is 6.42. The zero-order chi connectivity index (χ0) is 22.7. The van der Waals surface area contributed by atoms with Crippen molar-refractivity contribution in [2.45, 2.75) is 71.5 Å². The molecule has 164 valence electrons. The van der Waals surface area contributed by atoms with E-state index in [1.165, 1.54) is 32.6 Å². The average molecular weight is 457 g/mol. The predicted molar refractivity (Wildman–Crippen MR) is 140 cm³/mol. The summed E-state index contributed by atoms with van der Waals surface area (Å²) in [4.78, 5) is 0. The zero-order valence-electron chi connectivity index (χ0n) is 20.9. The molecule has 3 rings (SSSR count). The smallest absolute Gasteiger partial charge is 0.377 e. The molecule has 2 aromatic rings. The van der Waals surface area contributed by atoms with Crippen LogP contribution in [0, 0.1) is 0 Å². The van der Waals surface area contributed by atoms with Gasteiger partial charge in [0.25, 0.3) is 0 Å². The molecule has 0 N–H and O–H groups in total. The Balaban J connectivity index is 2.35. The first kappa shape index (κ1) is 23.7. The fraction of sp³-hybridized carbons (Fsp3) is 0.520. The van der Waals surface area contributed by atoms with Crippen molar-refractivity contribution < 1.29 is 8.85 Å². The second-order valence-corrected chi connectivity index (χ2v) is 26.0. The molecule has 0 bridgehead atoms. The summed E-state index contributed by atoms with van der Waals surface area (Å²) >= 11 is 0. The van der Waals surface area contributed by atoms with Crippen LogP contribution in [0.3, 0.4) is 0 Å². The summed E-state index contributed by atoms with van der Waals surface area (Å²) in [7, 11) is -1.91. The minimum atomic E-state index is -2.68. The summed E-state index contributed by atoms with van der Waals surface area (Å²) in [5.41, 5.74) is 5.73. The third-order valence-electron chi connectivity index (χ3n) is 6.64. The number of rotatable bonds is 5. The van der Waals surface area contributed by atoms with E-state index in [-0.39, 0.29) is 5.04 Å². The molecule has 0 amide bonds. The van der Waals surface area contributed by atoms with E-state index in [1.807, 2.05) is 14.2 Å². The maximum Gasteiger partial charge on any atom is 0.377 e. The second-order valence-electron chi connectivity index (χ2n) is 11.8. The first-order valence-electron chi connectivity index (χ1n) is 11.1. The van der Waals surface area contributed by atoms with Crippen LogP contribution in [0.25, 0.3) is 11.1 Å². The van der Waals surface area contributed by atoms with E-state index >= 15 is 0 Å². The predicted octanol–water partition coefficient (Wildman–Crippen LogP) is 5.09. The molecule has 0 aliphatic heterocycles. The van der Waals surface area contributed by atoms with Crippen molar-refractivity contribution in [1.82, 2.24) is 0 Å². The van der Waals surface area contributed by atoms with Crippen molar-refractivity contribution in [3.05, 3.63) is 41.5 Å². The lowest BCUT2D eigenvalue weighted by atomic mass is 10.1. The van der Waals surface area contributed by atoms with Crippen LogP contribution in [0.4, 0.5) is 0 Å². The van der Waals surface area contributed by atoms with Gasteiger partial charge in [0.15, 0.2) is 0 Å². The lowest BCUT2D eigenvalue weighted by Crippen LogP contribution is -2.68. The highest BCUT2D eigenvalue weighted by Gasteiger charge is 2.54. The highest BCUT2D eigenvalue weighted by molar-refractivity contribution is 6.96. The molecule has 0 saturated heterocycles. The Morgan fingerprint density at radius 3 is 1.80 bits per heavy atom. The summed E-state index contributed by atoms with van der Waals surface area (Å²) in [6.45, 7) is 21.5. The van der Waals surface area contributed by atoms with Crippen molar-refractivity contribution in [2.75, 3.05) is 14.2 Å². The molecule has 0 aromatic heterocycles. The second kappa shape index (κ2) is 7.55. The summed E-state index contributed by atoms with van der Waals surface area (Å²) in [5.74, 6) is 0. The zero-order valence-corrected chi connectivity index (χ0v) is 23.9. The Kier molecular flexibility index (Phi) is 5.96. The molecule has 2 aromatic carbocycles. The highest BCUT2D eigenvalue weighted by Crippen LogP contribution is 2.41. The van der Waals surface area contributed by atoms with Crippen molar-refractivity contribution in [3.8, 4) is 11.1 Å². The van der Waals surface area contributed by atoms with E-state index in [0.717, 1.165) is 6.42 Å². The fourth-order valence-corrected chi connectivity index (χ4v) is 12.9. The van der Waals surface area contributed by atoms with Crippen LogP contribution in [0.5, 0.6) is 0 Å². The van der Waals surface area contributed by atoms with Crippen molar-refractivity contribution >= 4 is 40.3 Å². The molecular weight excluding hydrogens is 417 g/mol. The Morgan fingerprint density at radius 1 is 0.767 bits per heavy atom. The van der Waals surface area contributed by atoms with Crippen LogP contribution in [0.1, 0.15) is 31.9 Å². The Hall–Kier alpha value is -0.989. The molecule has 0 radical (unpaired) electrons. The Labute approximate surface area is 187 Å². The molecule has 2 nitrogen and oxygen atoms in total. The van der Waals surface area contributed by atoms with Gasteiger partial charge >= 0.3 is 8.56 Å². The maximum absolute atomic E-state index is 6.42. The normalized spacial score (nSPS) is 14.6. The highest BCUT2D eigenvalue weighted by atomic mass is 28.4. The molecule has 0 unspecified atom stereocenters. The van der Waals surface area contributed by atoms with Crippen LogP contribution in [0.2, 0.25) is 44.3 Å². The van der Waals surface area contributed by atoms with Crippen LogP contribution in [-0.4, -0.2) is 38.9 Å². The summed E-state index contributed by atoms with van der Waals surface area (Å²) in [6.07, 6.45) is 0.994. The van der Waals surface area contributed by atoms with Crippen LogP contribution in [0.15, 0.2) is 30.3 Å². The lowest BCUT2D eigenvalue weighted by Gasteiger charge is -2.42. The molecule has 30 heavy (non-hydrogen) atoms. The number of fused-ring (bicyclic) bond motifs is 3. The number of hydrogen-bond acceptors (Lipinski definition) is 2. The first-order chi connectivity index (χ1) is 13.7. The van der Waals surface area contributed by atoms with Crippen LogP contribution in [-0.2, 0) is 15.3 Å². The Morgan fingerprint density at radius 2 is 1.33 bits per heavy atom. The van der Waals surface area contributed by atoms with Crippen LogP contribution < -0.4 is 15.6 Å². The largest absolute Gasteiger partial charge is 0.394 e. The SMILES string of the molecule is CO[Si](OC)(c1c([Si](C)(C)C)ccc2c1Cc1cc([Si](C)(C)C)ccc1-2)C(C)(C)C. The third kappa shape index (κ3) is 3.73. The van der Waals surface area contributed by atoms with Gasteiger partial charge in [0.05, 0.1) is 16.1 Å². The topological polar surface area (TPSA) is 18.5 Å². The van der Waals surface area contributed by atoms with Gasteiger partial charge in [-0.3, -0.25) is 0 Å². The number of hydrogen-bond donors (Lipinski definition) is 0. The van der Waals surface area contributed by atoms with E-state index < -0.39 is 24.7 Å². The van der Waals surface area contributed by atoms with E-state index in [0.29, 0.717) is 0 Å². The monoisotopic (exact) mass is 456 g/mol. The molecule has 0 fully saturated rings. The first-order valence-corrected chi connectivity index (χ1v) is 19.9. The summed E-state index contributed by atoms with van der Waals surface area (Å²) in [5, 5.41) is 4.39. The third-order valence-corrected chi connectivity index (χ3v) is 15.3. The van der Waals surface area contributed by atoms with Gasteiger partial charge in [0.2, 0.25) is 0 Å². The van der Waals surface area contributed by atoms with Crippen LogP contribution >= 0.6 is 0 Å². The molecule has 0 saturated carbocycles. The lowest BCUT2D eigenvalue weighted by molar-refractivity contribution is 0.230. The molecule has 0 atom stereocenters. The summed E-state index contributed by atoms with van der Waals surface area (Å²) in [6, 6.07) is 12.0. The minimum Gasteiger partial charge on any atom is -0.394 e. The van der Waals surface area contributed by atoms with Crippen molar-refractivity contribution in [3.63, 3.8) is 0 Å². The number of benzene rings is 2. The van der Waals surface area contributed by atoms with Gasteiger partial charge in [0, 0.05) is 19.3 Å². The molecular formula is C25H40O2Si3. The average Bonchev–Trinajstić information content (AvgIpc) is 2.98. The van der Waals surface area contributed by atoms with Gasteiger partial charge < -0.3 is 8.85 Å². The molecule has 5 heteroatoms. The van der Waals surface area contributed by atoms with Gasteiger partial charge in [-0.2, -0.15) is 0 Å². The van der Waals surface area contributed by atoms with Gasteiger partial charge in [-0.15, -0.1) is 0 Å². The van der Waals surface area contributed by atoms with Crippen molar-refractivity contribution in [1.29, 1.82) is 0 Å².